The van der Waals surface area contributed by atoms with E-state index in [0.717, 1.165) is 12.1 Å². The molecule has 0 radical (unpaired) electrons. The van der Waals surface area contributed by atoms with Gasteiger partial charge in [-0.05, 0) is 36.1 Å². The van der Waals surface area contributed by atoms with E-state index in [2.05, 4.69) is 0 Å². The van der Waals surface area contributed by atoms with Crippen molar-refractivity contribution in [1.29, 1.82) is 0 Å². The average Bonchev–Trinajstić information content (AvgIpc) is 2.40. The van der Waals surface area contributed by atoms with Crippen LogP contribution >= 0.6 is 0 Å². The minimum Gasteiger partial charge on any atom is -0.327 e. The molecule has 0 unspecified atom stereocenters. The Hall–Kier alpha value is -1.88. The lowest BCUT2D eigenvalue weighted by Crippen LogP contribution is -2.26. The number of rotatable bonds is 4. The van der Waals surface area contributed by atoms with Gasteiger partial charge in [0.1, 0.15) is 0 Å². The highest BCUT2D eigenvalue weighted by Gasteiger charge is 2.15. The second kappa shape index (κ2) is 6.05. The molecule has 2 aromatic carbocycles. The molecule has 0 saturated carbocycles. The summed E-state index contributed by atoms with van der Waals surface area (Å²) in [6, 6.07) is 6.97. The Bertz CT molecular complexity index is 559. The summed E-state index contributed by atoms with van der Waals surface area (Å²) in [6.45, 7) is 0. The van der Waals surface area contributed by atoms with Gasteiger partial charge in [0, 0.05) is 6.04 Å². The Labute approximate surface area is 114 Å². The van der Waals surface area contributed by atoms with Gasteiger partial charge in [-0.3, -0.25) is 0 Å². The second-order valence-corrected chi connectivity index (χ2v) is 4.59. The van der Waals surface area contributed by atoms with Crippen LogP contribution in [0.15, 0.2) is 36.4 Å². The van der Waals surface area contributed by atoms with Crippen LogP contribution < -0.4 is 5.73 Å². The highest BCUT2D eigenvalue weighted by Crippen LogP contribution is 2.17. The van der Waals surface area contributed by atoms with Crippen LogP contribution in [0.1, 0.15) is 11.1 Å². The lowest BCUT2D eigenvalue weighted by Gasteiger charge is -2.13. The Morgan fingerprint density at radius 1 is 0.750 bits per heavy atom. The fourth-order valence-electron chi connectivity index (χ4n) is 2.05. The van der Waals surface area contributed by atoms with Crippen molar-refractivity contribution in [3.63, 3.8) is 0 Å². The van der Waals surface area contributed by atoms with Gasteiger partial charge in [-0.25, -0.2) is 17.6 Å². The molecular weight excluding hydrogens is 270 g/mol. The summed E-state index contributed by atoms with van der Waals surface area (Å²) in [6.07, 6.45) is 0.0824. The molecule has 0 fully saturated rings. The van der Waals surface area contributed by atoms with Crippen LogP contribution in [0, 0.1) is 23.3 Å². The third-order valence-corrected chi connectivity index (χ3v) is 3.03. The largest absolute Gasteiger partial charge is 0.327 e. The molecule has 0 saturated heterocycles. The summed E-state index contributed by atoms with van der Waals surface area (Å²) >= 11 is 0. The van der Waals surface area contributed by atoms with Gasteiger partial charge in [-0.15, -0.1) is 0 Å². The first kappa shape index (κ1) is 14.5. The molecule has 0 aliphatic rings. The predicted octanol–water partition coefficient (Wildman–Crippen LogP) is 3.36. The van der Waals surface area contributed by atoms with Crippen LogP contribution in [0.2, 0.25) is 0 Å². The van der Waals surface area contributed by atoms with Crippen molar-refractivity contribution in [2.24, 2.45) is 5.73 Å². The van der Waals surface area contributed by atoms with Crippen LogP contribution in [-0.4, -0.2) is 6.04 Å². The zero-order valence-electron chi connectivity index (χ0n) is 10.5. The average molecular weight is 283 g/mol. The molecule has 2 N–H and O–H groups in total. The second-order valence-electron chi connectivity index (χ2n) is 4.59. The van der Waals surface area contributed by atoms with E-state index in [4.69, 9.17) is 5.73 Å². The third kappa shape index (κ3) is 3.17. The Kier molecular flexibility index (Phi) is 4.39. The molecule has 1 nitrogen and oxygen atoms in total. The van der Waals surface area contributed by atoms with Gasteiger partial charge in [0.15, 0.2) is 23.3 Å². The van der Waals surface area contributed by atoms with Crippen LogP contribution in [0.25, 0.3) is 0 Å². The molecule has 0 spiro atoms. The smallest absolute Gasteiger partial charge is 0.162 e. The molecule has 2 rings (SSSR count). The van der Waals surface area contributed by atoms with E-state index >= 15 is 0 Å². The maximum absolute atomic E-state index is 13.5. The SMILES string of the molecule is NC(Cc1cccc(F)c1F)Cc1cccc(F)c1F. The normalized spacial score (nSPS) is 11.1. The molecule has 20 heavy (non-hydrogen) atoms. The molecule has 0 amide bonds. The molecule has 0 aliphatic heterocycles. The van der Waals surface area contributed by atoms with E-state index in [1.165, 1.54) is 24.3 Å². The summed E-state index contributed by atoms with van der Waals surface area (Å²) in [7, 11) is 0. The summed E-state index contributed by atoms with van der Waals surface area (Å²) < 4.78 is 53.1. The van der Waals surface area contributed by atoms with Crippen molar-refractivity contribution in [3.8, 4) is 0 Å². The van der Waals surface area contributed by atoms with E-state index in [1.54, 1.807) is 0 Å². The first-order valence-corrected chi connectivity index (χ1v) is 6.10. The van der Waals surface area contributed by atoms with Gasteiger partial charge in [0.05, 0.1) is 0 Å². The topological polar surface area (TPSA) is 26.0 Å². The third-order valence-electron chi connectivity index (χ3n) is 3.03. The van der Waals surface area contributed by atoms with Crippen molar-refractivity contribution in [2.45, 2.75) is 18.9 Å². The minimum atomic E-state index is -0.956. The Morgan fingerprint density at radius 2 is 1.15 bits per heavy atom. The Balaban J connectivity index is 2.11. The van der Waals surface area contributed by atoms with Gasteiger partial charge < -0.3 is 5.73 Å². The number of hydrogen-bond acceptors (Lipinski definition) is 1. The van der Waals surface area contributed by atoms with E-state index in [0.29, 0.717) is 0 Å². The molecule has 5 heteroatoms. The van der Waals surface area contributed by atoms with E-state index in [1.807, 2.05) is 0 Å². The molecule has 0 atom stereocenters. The van der Waals surface area contributed by atoms with Gasteiger partial charge in [-0.2, -0.15) is 0 Å². The number of nitrogens with two attached hydrogens (primary N) is 1. The summed E-state index contributed by atoms with van der Waals surface area (Å²) in [5, 5.41) is 0. The van der Waals surface area contributed by atoms with E-state index in [9.17, 15) is 17.6 Å². The van der Waals surface area contributed by atoms with Crippen LogP contribution in [0.3, 0.4) is 0 Å². The summed E-state index contributed by atoms with van der Waals surface area (Å²) in [4.78, 5) is 0. The number of benzene rings is 2. The molecule has 0 aromatic heterocycles. The lowest BCUT2D eigenvalue weighted by molar-refractivity contribution is 0.483. The van der Waals surface area contributed by atoms with Crippen molar-refractivity contribution in [3.05, 3.63) is 70.8 Å². The van der Waals surface area contributed by atoms with E-state index in [-0.39, 0.29) is 24.0 Å². The summed E-state index contributed by atoms with van der Waals surface area (Å²) in [5.74, 6) is -3.82. The molecule has 106 valence electrons. The molecule has 0 bridgehead atoms. The number of halogens is 4. The maximum atomic E-state index is 13.5. The maximum Gasteiger partial charge on any atom is 0.162 e. The van der Waals surface area contributed by atoms with Crippen molar-refractivity contribution in [1.82, 2.24) is 0 Å². The fraction of sp³-hybridized carbons (Fsp3) is 0.200. The zero-order valence-corrected chi connectivity index (χ0v) is 10.5. The fourth-order valence-corrected chi connectivity index (χ4v) is 2.05. The zero-order chi connectivity index (χ0) is 14.7. The lowest BCUT2D eigenvalue weighted by atomic mass is 9.99. The van der Waals surface area contributed by atoms with Crippen LogP contribution in [0.4, 0.5) is 17.6 Å². The standard InChI is InChI=1S/C15H13F4N/c16-12-5-1-3-9(14(12)18)7-11(20)8-10-4-2-6-13(17)15(10)19/h1-6,11H,7-8,20H2. The molecule has 2 aromatic rings. The first-order valence-electron chi connectivity index (χ1n) is 6.10. The van der Waals surface area contributed by atoms with E-state index < -0.39 is 29.3 Å². The van der Waals surface area contributed by atoms with Gasteiger partial charge >= 0.3 is 0 Å². The van der Waals surface area contributed by atoms with Gasteiger partial charge in [-0.1, -0.05) is 24.3 Å². The van der Waals surface area contributed by atoms with Crippen LogP contribution in [-0.2, 0) is 12.8 Å². The quantitative estimate of drug-likeness (QED) is 0.856. The van der Waals surface area contributed by atoms with Crippen molar-refractivity contribution >= 4 is 0 Å². The van der Waals surface area contributed by atoms with Gasteiger partial charge in [0.25, 0.3) is 0 Å². The Morgan fingerprint density at radius 3 is 1.55 bits per heavy atom. The highest BCUT2D eigenvalue weighted by atomic mass is 19.2. The molecule has 0 heterocycles. The van der Waals surface area contributed by atoms with Crippen LogP contribution in [0.5, 0.6) is 0 Å². The predicted molar refractivity (Wildman–Crippen MR) is 68.1 cm³/mol. The highest BCUT2D eigenvalue weighted by molar-refractivity contribution is 5.23. The van der Waals surface area contributed by atoms with Crippen molar-refractivity contribution < 1.29 is 17.6 Å². The van der Waals surface area contributed by atoms with Gasteiger partial charge in [0.2, 0.25) is 0 Å². The molecular formula is C15H13F4N. The number of hydrogen-bond donors (Lipinski definition) is 1. The minimum absolute atomic E-state index is 0.0412. The molecule has 0 aliphatic carbocycles. The summed E-state index contributed by atoms with van der Waals surface area (Å²) in [5.41, 5.74) is 6.04. The monoisotopic (exact) mass is 283 g/mol. The van der Waals surface area contributed by atoms with Crippen molar-refractivity contribution in [2.75, 3.05) is 0 Å². The first-order chi connectivity index (χ1) is 9.49.